The fourth-order valence-corrected chi connectivity index (χ4v) is 5.42. The fraction of sp³-hybridized carbons (Fsp3) is 0.381. The molecule has 0 saturated carbocycles. The Morgan fingerprint density at radius 2 is 1.86 bits per heavy atom. The lowest BCUT2D eigenvalue weighted by atomic mass is 10.1. The van der Waals surface area contributed by atoms with E-state index in [2.05, 4.69) is 0 Å². The topological polar surface area (TPSA) is 63.7 Å². The monoisotopic (exact) mass is 421 g/mol. The summed E-state index contributed by atoms with van der Waals surface area (Å²) < 4.78 is 29.6. The highest BCUT2D eigenvalue weighted by Crippen LogP contribution is 2.24. The molecule has 1 atom stereocenters. The maximum absolute atomic E-state index is 13.0. The summed E-state index contributed by atoms with van der Waals surface area (Å²) in [6.45, 7) is 4.04. The van der Waals surface area contributed by atoms with Crippen molar-refractivity contribution in [1.82, 2.24) is 4.90 Å². The van der Waals surface area contributed by atoms with Gasteiger partial charge in [-0.05, 0) is 55.2 Å². The molecule has 150 valence electrons. The van der Waals surface area contributed by atoms with Gasteiger partial charge < -0.3 is 9.64 Å². The second-order valence-corrected chi connectivity index (χ2v) is 9.92. The maximum Gasteiger partial charge on any atom is 0.261 e. The van der Waals surface area contributed by atoms with E-state index in [1.165, 1.54) is 0 Å². The molecule has 7 heteroatoms. The number of carbonyl (C=O) groups is 1. The van der Waals surface area contributed by atoms with E-state index >= 15 is 0 Å². The molecule has 0 aromatic heterocycles. The maximum atomic E-state index is 13.0. The number of sulfone groups is 1. The average molecular weight is 422 g/mol. The van der Waals surface area contributed by atoms with Crippen LogP contribution in [0.2, 0.25) is 5.02 Å². The normalized spacial score (nSPS) is 18.0. The molecule has 1 aliphatic heterocycles. The van der Waals surface area contributed by atoms with Crippen molar-refractivity contribution in [3.63, 3.8) is 0 Å². The van der Waals surface area contributed by atoms with Crippen molar-refractivity contribution in [2.75, 3.05) is 18.1 Å². The summed E-state index contributed by atoms with van der Waals surface area (Å²) in [7, 11) is -3.12. The predicted molar refractivity (Wildman–Crippen MR) is 110 cm³/mol. The quantitative estimate of drug-likeness (QED) is 0.715. The molecule has 0 bridgehead atoms. The minimum Gasteiger partial charge on any atom is -0.484 e. The Bertz CT molecular complexity index is 954. The first-order valence-corrected chi connectivity index (χ1v) is 11.4. The summed E-state index contributed by atoms with van der Waals surface area (Å²) in [5.74, 6) is 0.457. The van der Waals surface area contributed by atoms with Gasteiger partial charge in [0.25, 0.3) is 5.91 Å². The van der Waals surface area contributed by atoms with Crippen LogP contribution in [0.15, 0.2) is 42.5 Å². The van der Waals surface area contributed by atoms with E-state index in [1.807, 2.05) is 50.2 Å². The number of carbonyl (C=O) groups excluding carboxylic acids is 1. The number of amides is 1. The number of aryl methyl sites for hydroxylation is 2. The van der Waals surface area contributed by atoms with Gasteiger partial charge in [0.05, 0.1) is 11.5 Å². The number of halogens is 1. The Morgan fingerprint density at radius 3 is 2.46 bits per heavy atom. The van der Waals surface area contributed by atoms with Crippen molar-refractivity contribution < 1.29 is 17.9 Å². The van der Waals surface area contributed by atoms with Gasteiger partial charge in [-0.15, -0.1) is 0 Å². The van der Waals surface area contributed by atoms with Gasteiger partial charge in [-0.25, -0.2) is 8.42 Å². The molecule has 1 fully saturated rings. The van der Waals surface area contributed by atoms with Gasteiger partial charge >= 0.3 is 0 Å². The van der Waals surface area contributed by atoms with E-state index in [0.29, 0.717) is 17.2 Å². The third-order valence-corrected chi connectivity index (χ3v) is 6.94. The van der Waals surface area contributed by atoms with Crippen molar-refractivity contribution >= 4 is 27.3 Å². The van der Waals surface area contributed by atoms with Gasteiger partial charge in [-0.3, -0.25) is 4.79 Å². The standard InChI is InChI=1S/C21H24ClNO4S/c1-15-9-16(2)11-19(10-15)27-13-21(24)23(18-7-8-28(25,26)14-18)12-17-5-3-4-6-20(17)22/h3-6,9-11,18H,7-8,12-14H2,1-2H3/t18-/m0/s1. The molecule has 2 aromatic rings. The lowest BCUT2D eigenvalue weighted by molar-refractivity contribution is -0.136. The second kappa shape index (κ2) is 8.53. The lowest BCUT2D eigenvalue weighted by Gasteiger charge is -2.29. The summed E-state index contributed by atoms with van der Waals surface area (Å²) in [6, 6.07) is 12.7. The molecule has 0 unspecified atom stereocenters. The van der Waals surface area contributed by atoms with Gasteiger partial charge in [0.2, 0.25) is 0 Å². The first-order valence-electron chi connectivity index (χ1n) is 9.18. The first kappa shape index (κ1) is 20.7. The van der Waals surface area contributed by atoms with Crippen molar-refractivity contribution in [3.05, 3.63) is 64.2 Å². The fourth-order valence-electron chi connectivity index (χ4n) is 3.50. The van der Waals surface area contributed by atoms with E-state index in [0.717, 1.165) is 16.7 Å². The van der Waals surface area contributed by atoms with Crippen LogP contribution in [0.5, 0.6) is 5.75 Å². The Morgan fingerprint density at radius 1 is 1.18 bits per heavy atom. The zero-order chi connectivity index (χ0) is 20.3. The summed E-state index contributed by atoms with van der Waals surface area (Å²) in [5, 5.41) is 0.552. The van der Waals surface area contributed by atoms with Crippen molar-refractivity contribution in [2.24, 2.45) is 0 Å². The van der Waals surface area contributed by atoms with Crippen molar-refractivity contribution in [1.29, 1.82) is 0 Å². The van der Waals surface area contributed by atoms with Gasteiger partial charge in [-0.1, -0.05) is 35.9 Å². The molecular weight excluding hydrogens is 398 g/mol. The Labute approximate surface area is 171 Å². The molecule has 1 heterocycles. The molecule has 1 aliphatic rings. The molecule has 5 nitrogen and oxygen atoms in total. The smallest absolute Gasteiger partial charge is 0.261 e. The number of benzene rings is 2. The van der Waals surface area contributed by atoms with Gasteiger partial charge in [0.1, 0.15) is 5.75 Å². The Kier molecular flexibility index (Phi) is 6.30. The van der Waals surface area contributed by atoms with Crippen LogP contribution >= 0.6 is 11.6 Å². The largest absolute Gasteiger partial charge is 0.484 e. The van der Waals surface area contributed by atoms with Crippen LogP contribution in [-0.4, -0.2) is 43.4 Å². The van der Waals surface area contributed by atoms with Crippen molar-refractivity contribution in [3.8, 4) is 5.75 Å². The van der Waals surface area contributed by atoms with E-state index in [1.54, 1.807) is 11.0 Å². The molecule has 1 amide bonds. The molecule has 0 spiro atoms. The average Bonchev–Trinajstić information content (AvgIpc) is 2.98. The summed E-state index contributed by atoms with van der Waals surface area (Å²) in [5.41, 5.74) is 2.89. The summed E-state index contributed by atoms with van der Waals surface area (Å²) in [6.07, 6.45) is 0.433. The lowest BCUT2D eigenvalue weighted by Crippen LogP contribution is -2.43. The Hall–Kier alpha value is -2.05. The van der Waals surface area contributed by atoms with E-state index in [-0.39, 0.29) is 36.6 Å². The molecule has 2 aromatic carbocycles. The molecule has 1 saturated heterocycles. The van der Waals surface area contributed by atoms with Crippen LogP contribution in [0, 0.1) is 13.8 Å². The highest BCUT2D eigenvalue weighted by molar-refractivity contribution is 7.91. The van der Waals surface area contributed by atoms with Crippen LogP contribution in [0.4, 0.5) is 0 Å². The highest BCUT2D eigenvalue weighted by atomic mass is 35.5. The number of ether oxygens (including phenoxy) is 1. The van der Waals surface area contributed by atoms with Gasteiger partial charge in [-0.2, -0.15) is 0 Å². The minimum absolute atomic E-state index is 0.0211. The van der Waals surface area contributed by atoms with Crippen LogP contribution in [0.25, 0.3) is 0 Å². The van der Waals surface area contributed by atoms with Crippen LogP contribution < -0.4 is 4.74 Å². The molecular formula is C21H24ClNO4S. The molecule has 0 aliphatic carbocycles. The first-order chi connectivity index (χ1) is 13.2. The van der Waals surface area contributed by atoms with Crippen LogP contribution in [-0.2, 0) is 21.2 Å². The highest BCUT2D eigenvalue weighted by Gasteiger charge is 2.35. The zero-order valence-corrected chi connectivity index (χ0v) is 17.6. The summed E-state index contributed by atoms with van der Waals surface area (Å²) in [4.78, 5) is 14.6. The van der Waals surface area contributed by atoms with Gasteiger partial charge in [0, 0.05) is 17.6 Å². The number of hydrogen-bond donors (Lipinski definition) is 0. The number of hydrogen-bond acceptors (Lipinski definition) is 4. The summed E-state index contributed by atoms with van der Waals surface area (Å²) >= 11 is 6.26. The zero-order valence-electron chi connectivity index (χ0n) is 16.0. The molecule has 3 rings (SSSR count). The molecule has 28 heavy (non-hydrogen) atoms. The van der Waals surface area contributed by atoms with Crippen molar-refractivity contribution in [2.45, 2.75) is 32.9 Å². The SMILES string of the molecule is Cc1cc(C)cc(OCC(=O)N(Cc2ccccc2Cl)[C@H]2CCS(=O)(=O)C2)c1. The third-order valence-electron chi connectivity index (χ3n) is 4.83. The van der Waals surface area contributed by atoms with E-state index < -0.39 is 9.84 Å². The molecule has 0 N–H and O–H groups in total. The third kappa shape index (κ3) is 5.26. The van der Waals surface area contributed by atoms with E-state index in [9.17, 15) is 13.2 Å². The predicted octanol–water partition coefficient (Wildman–Crippen LogP) is 3.55. The van der Waals surface area contributed by atoms with Crippen LogP contribution in [0.3, 0.4) is 0 Å². The molecule has 0 radical (unpaired) electrons. The number of nitrogens with zero attached hydrogens (tertiary/aromatic N) is 1. The minimum atomic E-state index is -3.12. The van der Waals surface area contributed by atoms with E-state index in [4.69, 9.17) is 16.3 Å². The second-order valence-electron chi connectivity index (χ2n) is 7.28. The Balaban J connectivity index is 1.77. The van der Waals surface area contributed by atoms with Crippen LogP contribution in [0.1, 0.15) is 23.1 Å². The van der Waals surface area contributed by atoms with Gasteiger partial charge in [0.15, 0.2) is 16.4 Å². The number of rotatable bonds is 6.